The number of rotatable bonds is 2. The molecule has 1 aromatic heterocycles. The van der Waals surface area contributed by atoms with Gasteiger partial charge in [0.25, 0.3) is 0 Å². The Bertz CT molecular complexity index is 495. The fourth-order valence-electron chi connectivity index (χ4n) is 2.00. The van der Waals surface area contributed by atoms with Gasteiger partial charge in [-0.05, 0) is 37.7 Å². The lowest BCUT2D eigenvalue weighted by Gasteiger charge is -2.28. The SMILES string of the molecule is CN(Cc1ccc(Cl)nc1)C1=NC(=S)NC1(C)C. The molecule has 0 aliphatic carbocycles. The van der Waals surface area contributed by atoms with Crippen molar-refractivity contribution < 1.29 is 0 Å². The molecular formula is C12H15ClN4S. The van der Waals surface area contributed by atoms with Crippen LogP contribution in [0.3, 0.4) is 0 Å². The monoisotopic (exact) mass is 282 g/mol. The summed E-state index contributed by atoms with van der Waals surface area (Å²) in [5.74, 6) is 0.933. The average molecular weight is 283 g/mol. The highest BCUT2D eigenvalue weighted by atomic mass is 35.5. The Morgan fingerprint density at radius 2 is 2.17 bits per heavy atom. The van der Waals surface area contributed by atoms with E-state index >= 15 is 0 Å². The molecular weight excluding hydrogens is 268 g/mol. The predicted molar refractivity (Wildman–Crippen MR) is 78.0 cm³/mol. The van der Waals surface area contributed by atoms with Gasteiger partial charge >= 0.3 is 0 Å². The smallest absolute Gasteiger partial charge is 0.195 e. The van der Waals surface area contributed by atoms with E-state index in [1.807, 2.05) is 13.1 Å². The highest BCUT2D eigenvalue weighted by Gasteiger charge is 2.34. The number of likely N-dealkylation sites (N-methyl/N-ethyl adjacent to an activating group) is 1. The molecule has 2 heterocycles. The van der Waals surface area contributed by atoms with Crippen LogP contribution in [0.25, 0.3) is 0 Å². The van der Waals surface area contributed by atoms with Crippen LogP contribution in [0.2, 0.25) is 5.15 Å². The molecule has 1 N–H and O–H groups in total. The summed E-state index contributed by atoms with van der Waals surface area (Å²) in [5.41, 5.74) is 0.851. The largest absolute Gasteiger partial charge is 0.357 e. The summed E-state index contributed by atoms with van der Waals surface area (Å²) >= 11 is 10.9. The van der Waals surface area contributed by atoms with Gasteiger partial charge in [0.05, 0.1) is 5.54 Å². The van der Waals surface area contributed by atoms with E-state index in [0.29, 0.717) is 10.3 Å². The van der Waals surface area contributed by atoms with Crippen LogP contribution < -0.4 is 5.32 Å². The van der Waals surface area contributed by atoms with E-state index in [-0.39, 0.29) is 5.54 Å². The second-order valence-electron chi connectivity index (χ2n) is 4.84. The molecule has 96 valence electrons. The van der Waals surface area contributed by atoms with Crippen LogP contribution in [0, 0.1) is 0 Å². The van der Waals surface area contributed by atoms with Crippen molar-refractivity contribution in [1.82, 2.24) is 15.2 Å². The van der Waals surface area contributed by atoms with Crippen LogP contribution in [0.4, 0.5) is 0 Å². The number of aliphatic imine (C=N–C) groups is 1. The molecule has 0 spiro atoms. The van der Waals surface area contributed by atoms with Crippen molar-refractivity contribution in [3.8, 4) is 0 Å². The molecule has 0 bridgehead atoms. The van der Waals surface area contributed by atoms with Gasteiger partial charge in [-0.15, -0.1) is 0 Å². The van der Waals surface area contributed by atoms with Crippen molar-refractivity contribution in [2.75, 3.05) is 7.05 Å². The minimum absolute atomic E-state index is 0.230. The molecule has 0 unspecified atom stereocenters. The third-order valence-corrected chi connectivity index (χ3v) is 3.17. The highest BCUT2D eigenvalue weighted by molar-refractivity contribution is 7.80. The zero-order valence-corrected chi connectivity index (χ0v) is 12.1. The minimum Gasteiger partial charge on any atom is -0.357 e. The Morgan fingerprint density at radius 1 is 1.44 bits per heavy atom. The topological polar surface area (TPSA) is 40.5 Å². The van der Waals surface area contributed by atoms with Gasteiger partial charge in [-0.2, -0.15) is 0 Å². The molecule has 0 saturated heterocycles. The van der Waals surface area contributed by atoms with E-state index in [1.165, 1.54) is 0 Å². The van der Waals surface area contributed by atoms with Gasteiger partial charge in [-0.1, -0.05) is 17.7 Å². The summed E-state index contributed by atoms with van der Waals surface area (Å²) in [6.07, 6.45) is 1.77. The molecule has 6 heteroatoms. The second kappa shape index (κ2) is 4.82. The fourth-order valence-corrected chi connectivity index (χ4v) is 2.45. The molecule has 1 aromatic rings. The summed E-state index contributed by atoms with van der Waals surface area (Å²) in [5, 5.41) is 4.21. The lowest BCUT2D eigenvalue weighted by atomic mass is 10.0. The molecule has 1 aliphatic heterocycles. The van der Waals surface area contributed by atoms with Crippen molar-refractivity contribution in [2.24, 2.45) is 4.99 Å². The summed E-state index contributed by atoms with van der Waals surface area (Å²) in [4.78, 5) is 10.5. The first-order chi connectivity index (χ1) is 8.38. The molecule has 2 rings (SSSR count). The molecule has 0 aromatic carbocycles. The maximum atomic E-state index is 5.76. The zero-order chi connectivity index (χ0) is 13.3. The van der Waals surface area contributed by atoms with Crippen LogP contribution in [0.1, 0.15) is 19.4 Å². The molecule has 18 heavy (non-hydrogen) atoms. The van der Waals surface area contributed by atoms with Gasteiger partial charge in [0, 0.05) is 19.8 Å². The molecule has 0 atom stereocenters. The Morgan fingerprint density at radius 3 is 2.67 bits per heavy atom. The zero-order valence-electron chi connectivity index (χ0n) is 10.6. The van der Waals surface area contributed by atoms with Crippen molar-refractivity contribution in [3.63, 3.8) is 0 Å². The summed E-state index contributed by atoms with van der Waals surface area (Å²) in [6.45, 7) is 4.83. The third kappa shape index (κ3) is 2.79. The number of nitrogens with zero attached hydrogens (tertiary/aromatic N) is 3. The Kier molecular flexibility index (Phi) is 3.54. The quantitative estimate of drug-likeness (QED) is 0.667. The van der Waals surface area contributed by atoms with E-state index in [1.54, 1.807) is 12.3 Å². The number of hydrogen-bond acceptors (Lipinski definition) is 3. The molecule has 0 radical (unpaired) electrons. The predicted octanol–water partition coefficient (Wildman–Crippen LogP) is 2.23. The molecule has 0 fully saturated rings. The average Bonchev–Trinajstić information content (AvgIpc) is 2.55. The van der Waals surface area contributed by atoms with Crippen LogP contribution in [0.5, 0.6) is 0 Å². The number of amidine groups is 1. The molecule has 4 nitrogen and oxygen atoms in total. The van der Waals surface area contributed by atoms with Crippen molar-refractivity contribution in [1.29, 1.82) is 0 Å². The first kappa shape index (κ1) is 13.2. The van der Waals surface area contributed by atoms with Crippen LogP contribution in [0.15, 0.2) is 23.3 Å². The standard InChI is InChI=1S/C12H15ClN4S/c1-12(2)10(15-11(18)16-12)17(3)7-8-4-5-9(13)14-6-8/h4-6H,7H2,1-3H3,(H,16,18). The third-order valence-electron chi connectivity index (χ3n) is 2.76. The Labute approximate surface area is 117 Å². The van der Waals surface area contributed by atoms with E-state index in [9.17, 15) is 0 Å². The summed E-state index contributed by atoms with van der Waals surface area (Å²) < 4.78 is 0. The Balaban J connectivity index is 2.13. The molecule has 1 aliphatic rings. The van der Waals surface area contributed by atoms with E-state index in [0.717, 1.165) is 17.9 Å². The number of halogens is 1. The maximum Gasteiger partial charge on any atom is 0.195 e. The van der Waals surface area contributed by atoms with Crippen LogP contribution >= 0.6 is 23.8 Å². The van der Waals surface area contributed by atoms with Crippen molar-refractivity contribution in [2.45, 2.75) is 25.9 Å². The Hall–Kier alpha value is -1.20. The lowest BCUT2D eigenvalue weighted by Crippen LogP contribution is -2.48. The molecule has 0 amide bonds. The van der Waals surface area contributed by atoms with Gasteiger partial charge in [-0.3, -0.25) is 0 Å². The molecule has 0 saturated carbocycles. The first-order valence-corrected chi connectivity index (χ1v) is 6.40. The van der Waals surface area contributed by atoms with E-state index < -0.39 is 0 Å². The summed E-state index contributed by atoms with van der Waals surface area (Å²) in [6, 6.07) is 3.75. The second-order valence-corrected chi connectivity index (χ2v) is 5.61. The van der Waals surface area contributed by atoms with Crippen molar-refractivity contribution in [3.05, 3.63) is 29.0 Å². The highest BCUT2D eigenvalue weighted by Crippen LogP contribution is 2.17. The van der Waals surface area contributed by atoms with Gasteiger partial charge in [0.1, 0.15) is 11.0 Å². The number of hydrogen-bond donors (Lipinski definition) is 1. The van der Waals surface area contributed by atoms with E-state index in [4.69, 9.17) is 23.8 Å². The summed E-state index contributed by atoms with van der Waals surface area (Å²) in [7, 11) is 1.99. The fraction of sp³-hybridized carbons (Fsp3) is 0.417. The van der Waals surface area contributed by atoms with Gasteiger partial charge in [0.2, 0.25) is 0 Å². The van der Waals surface area contributed by atoms with Crippen LogP contribution in [-0.2, 0) is 6.54 Å². The van der Waals surface area contributed by atoms with Gasteiger partial charge < -0.3 is 10.2 Å². The minimum atomic E-state index is -0.230. The lowest BCUT2D eigenvalue weighted by molar-refractivity contribution is 0.449. The number of pyridine rings is 1. The van der Waals surface area contributed by atoms with Crippen molar-refractivity contribution >= 4 is 34.8 Å². The number of aromatic nitrogens is 1. The first-order valence-electron chi connectivity index (χ1n) is 5.61. The number of thiocarbonyl (C=S) groups is 1. The maximum absolute atomic E-state index is 5.76. The number of nitrogens with one attached hydrogen (secondary N) is 1. The normalized spacial score (nSPS) is 17.3. The van der Waals surface area contributed by atoms with Crippen LogP contribution in [-0.4, -0.2) is 33.4 Å². The van der Waals surface area contributed by atoms with Gasteiger partial charge in [0.15, 0.2) is 5.11 Å². The van der Waals surface area contributed by atoms with E-state index in [2.05, 4.69) is 34.0 Å². The van der Waals surface area contributed by atoms with Gasteiger partial charge in [-0.25, -0.2) is 9.98 Å².